The van der Waals surface area contributed by atoms with Crippen LogP contribution in [-0.4, -0.2) is 47.3 Å². The summed E-state index contributed by atoms with van der Waals surface area (Å²) in [4.78, 5) is 36.4. The third kappa shape index (κ3) is 4.28. The van der Waals surface area contributed by atoms with Crippen molar-refractivity contribution >= 4 is 35.3 Å². The highest BCUT2D eigenvalue weighted by molar-refractivity contribution is 6.33. The monoisotopic (exact) mass is 464 g/mol. The van der Waals surface area contributed by atoms with E-state index in [1.807, 2.05) is 17.0 Å². The van der Waals surface area contributed by atoms with Crippen LogP contribution >= 0.6 is 11.6 Å². The van der Waals surface area contributed by atoms with Crippen LogP contribution in [0.5, 0.6) is 5.75 Å². The number of pyridine rings is 1. The highest BCUT2D eigenvalue weighted by atomic mass is 35.5. The smallest absolute Gasteiger partial charge is 0.256 e. The van der Waals surface area contributed by atoms with Gasteiger partial charge in [-0.15, -0.1) is 0 Å². The Labute approximate surface area is 198 Å². The van der Waals surface area contributed by atoms with Crippen molar-refractivity contribution in [3.8, 4) is 5.75 Å². The average molecular weight is 465 g/mol. The van der Waals surface area contributed by atoms with Crippen LogP contribution in [-0.2, 0) is 11.3 Å². The minimum Gasteiger partial charge on any atom is -0.490 e. The summed E-state index contributed by atoms with van der Waals surface area (Å²) < 4.78 is 6.09. The highest BCUT2D eigenvalue weighted by Crippen LogP contribution is 2.35. The Morgan fingerprint density at radius 1 is 1.15 bits per heavy atom. The van der Waals surface area contributed by atoms with E-state index in [0.29, 0.717) is 35.1 Å². The minimum absolute atomic E-state index is 0.0575. The maximum absolute atomic E-state index is 13.1. The number of anilines is 1. The summed E-state index contributed by atoms with van der Waals surface area (Å²) in [5.74, 6) is 1.66. The largest absolute Gasteiger partial charge is 0.490 e. The quantitative estimate of drug-likeness (QED) is 0.475. The molecule has 1 aliphatic carbocycles. The van der Waals surface area contributed by atoms with Gasteiger partial charge in [-0.2, -0.15) is 0 Å². The third-order valence-electron chi connectivity index (χ3n) is 6.94. The number of amides is 1. The van der Waals surface area contributed by atoms with Crippen LogP contribution in [0.4, 0.5) is 11.5 Å². The van der Waals surface area contributed by atoms with E-state index in [0.717, 1.165) is 56.4 Å². The van der Waals surface area contributed by atoms with Gasteiger partial charge in [0.2, 0.25) is 5.69 Å². The molecule has 2 aromatic rings. The van der Waals surface area contributed by atoms with Crippen LogP contribution in [0.3, 0.4) is 0 Å². The topological polar surface area (TPSA) is 67.1 Å². The summed E-state index contributed by atoms with van der Waals surface area (Å²) in [6.45, 7) is 9.15. The van der Waals surface area contributed by atoms with Gasteiger partial charge in [0.05, 0.1) is 35.5 Å². The van der Waals surface area contributed by atoms with Crippen molar-refractivity contribution in [3.63, 3.8) is 0 Å². The van der Waals surface area contributed by atoms with E-state index in [1.165, 1.54) is 0 Å². The summed E-state index contributed by atoms with van der Waals surface area (Å²) >= 11 is 6.12. The Hall–Kier alpha value is -3.11. The van der Waals surface area contributed by atoms with Gasteiger partial charge in [0, 0.05) is 25.0 Å². The number of aldehydes is 1. The maximum Gasteiger partial charge on any atom is 0.256 e. The molecule has 1 aromatic carbocycles. The fourth-order valence-corrected chi connectivity index (χ4v) is 5.30. The van der Waals surface area contributed by atoms with Crippen LogP contribution in [0.15, 0.2) is 30.3 Å². The molecule has 2 fully saturated rings. The molecule has 170 valence electrons. The maximum atomic E-state index is 13.1. The average Bonchev–Trinajstić information content (AvgIpc) is 3.44. The number of nitrogens with zero attached hydrogens (tertiary/aromatic N) is 4. The normalized spacial score (nSPS) is 24.5. The van der Waals surface area contributed by atoms with Gasteiger partial charge in [0.25, 0.3) is 5.91 Å². The number of ether oxygens (including phenoxy) is 1. The second kappa shape index (κ2) is 9.03. The lowest BCUT2D eigenvalue weighted by Crippen LogP contribution is -2.40. The van der Waals surface area contributed by atoms with Gasteiger partial charge < -0.3 is 19.3 Å². The SMILES string of the molecule is [C-]#[N+]c1ccc(OC2CCC(N3Cc4nc(N5CC[C@H](C=O)C5)ccc4C3=O)CC2)cc1Cl. The van der Waals surface area contributed by atoms with Crippen molar-refractivity contribution in [1.29, 1.82) is 0 Å². The number of fused-ring (bicyclic) bond motifs is 1. The molecule has 2 aliphatic heterocycles. The van der Waals surface area contributed by atoms with Gasteiger partial charge in [0.15, 0.2) is 0 Å². The van der Waals surface area contributed by atoms with Crippen molar-refractivity contribution < 1.29 is 14.3 Å². The summed E-state index contributed by atoms with van der Waals surface area (Å²) in [7, 11) is 0. The van der Waals surface area contributed by atoms with E-state index in [-0.39, 0.29) is 24.0 Å². The molecule has 0 radical (unpaired) electrons. The molecule has 0 N–H and O–H groups in total. The number of hydrogen-bond acceptors (Lipinski definition) is 5. The second-order valence-corrected chi connectivity index (χ2v) is 9.41. The fraction of sp³-hybridized carbons (Fsp3) is 0.440. The van der Waals surface area contributed by atoms with Crippen LogP contribution < -0.4 is 9.64 Å². The Morgan fingerprint density at radius 2 is 1.97 bits per heavy atom. The molecule has 8 heteroatoms. The molecule has 1 saturated heterocycles. The lowest BCUT2D eigenvalue weighted by atomic mass is 9.92. The van der Waals surface area contributed by atoms with Crippen molar-refractivity contribution in [2.75, 3.05) is 18.0 Å². The summed E-state index contributed by atoms with van der Waals surface area (Å²) in [5.41, 5.74) is 1.95. The van der Waals surface area contributed by atoms with E-state index in [4.69, 9.17) is 27.9 Å². The number of halogens is 1. The van der Waals surface area contributed by atoms with Crippen LogP contribution in [0, 0.1) is 12.5 Å². The molecule has 0 unspecified atom stereocenters. The van der Waals surface area contributed by atoms with Crippen LogP contribution in [0.1, 0.15) is 48.2 Å². The third-order valence-corrected chi connectivity index (χ3v) is 7.24. The van der Waals surface area contributed by atoms with Crippen molar-refractivity contribution in [3.05, 3.63) is 58.0 Å². The van der Waals surface area contributed by atoms with Crippen LogP contribution in [0.2, 0.25) is 5.02 Å². The number of hydrogen-bond donors (Lipinski definition) is 0. The zero-order valence-electron chi connectivity index (χ0n) is 18.2. The van der Waals surface area contributed by atoms with Crippen molar-refractivity contribution in [1.82, 2.24) is 9.88 Å². The first-order chi connectivity index (χ1) is 16.1. The van der Waals surface area contributed by atoms with E-state index < -0.39 is 0 Å². The van der Waals surface area contributed by atoms with E-state index in [2.05, 4.69) is 9.74 Å². The van der Waals surface area contributed by atoms with Crippen molar-refractivity contribution in [2.45, 2.75) is 50.8 Å². The molecule has 7 nitrogen and oxygen atoms in total. The van der Waals surface area contributed by atoms with E-state index in [9.17, 15) is 9.59 Å². The molecular formula is C25H25ClN4O3. The molecule has 1 atom stereocenters. The van der Waals surface area contributed by atoms with Gasteiger partial charge in [-0.25, -0.2) is 9.83 Å². The predicted molar refractivity (Wildman–Crippen MR) is 125 cm³/mol. The Balaban J connectivity index is 1.19. The fourth-order valence-electron chi connectivity index (χ4n) is 5.09. The molecule has 1 amide bonds. The first-order valence-corrected chi connectivity index (χ1v) is 11.8. The molecule has 3 heterocycles. The number of carbonyl (C=O) groups excluding carboxylic acids is 2. The summed E-state index contributed by atoms with van der Waals surface area (Å²) in [6.07, 6.45) is 5.40. The number of carbonyl (C=O) groups is 2. The molecule has 0 spiro atoms. The number of rotatable bonds is 5. The lowest BCUT2D eigenvalue weighted by Gasteiger charge is -2.34. The molecule has 1 saturated carbocycles. The summed E-state index contributed by atoms with van der Waals surface area (Å²) in [5, 5.41) is 0.402. The first kappa shape index (κ1) is 21.7. The molecule has 0 bridgehead atoms. The molecule has 5 rings (SSSR count). The molecule has 3 aliphatic rings. The number of aromatic nitrogens is 1. The predicted octanol–water partition coefficient (Wildman–Crippen LogP) is 4.66. The van der Waals surface area contributed by atoms with Crippen molar-refractivity contribution in [2.24, 2.45) is 5.92 Å². The Kier molecular flexibility index (Phi) is 5.94. The molecule has 33 heavy (non-hydrogen) atoms. The highest BCUT2D eigenvalue weighted by Gasteiger charge is 2.36. The van der Waals surface area contributed by atoms with Crippen LogP contribution in [0.25, 0.3) is 4.85 Å². The standard InChI is InChI=1S/C25H25ClN4O3/c1-27-22-8-6-19(12-21(22)26)33-18-4-2-17(3-5-18)30-14-23-20(25(30)32)7-9-24(28-23)29-11-10-16(13-29)15-31/h6-9,12,15-18H,2-5,10-11,13-14H2/t16-,17?,18?/m0/s1. The van der Waals surface area contributed by atoms with E-state index >= 15 is 0 Å². The lowest BCUT2D eigenvalue weighted by molar-refractivity contribution is -0.110. The van der Waals surface area contributed by atoms with Gasteiger partial charge in [-0.05, 0) is 56.4 Å². The molecular weight excluding hydrogens is 440 g/mol. The van der Waals surface area contributed by atoms with Gasteiger partial charge in [0.1, 0.15) is 17.9 Å². The molecule has 1 aromatic heterocycles. The van der Waals surface area contributed by atoms with Gasteiger partial charge in [-0.1, -0.05) is 17.7 Å². The number of benzene rings is 1. The van der Waals surface area contributed by atoms with Gasteiger partial charge >= 0.3 is 0 Å². The first-order valence-electron chi connectivity index (χ1n) is 11.4. The van der Waals surface area contributed by atoms with Gasteiger partial charge in [-0.3, -0.25) is 4.79 Å². The minimum atomic E-state index is 0.0575. The zero-order chi connectivity index (χ0) is 22.9. The second-order valence-electron chi connectivity index (χ2n) is 9.00. The Morgan fingerprint density at radius 3 is 2.67 bits per heavy atom. The summed E-state index contributed by atoms with van der Waals surface area (Å²) in [6, 6.07) is 9.13. The Bertz CT molecular complexity index is 1120. The van der Waals surface area contributed by atoms with E-state index in [1.54, 1.807) is 18.2 Å². The zero-order valence-corrected chi connectivity index (χ0v) is 19.0.